The molecule has 1 unspecified atom stereocenters. The second-order valence-electron chi connectivity index (χ2n) is 7.39. The van der Waals surface area contributed by atoms with E-state index in [0.717, 1.165) is 24.8 Å². The second-order valence-corrected chi connectivity index (χ2v) is 7.39. The van der Waals surface area contributed by atoms with Crippen LogP contribution in [0, 0.1) is 12.8 Å². The number of hydrogen-bond donors (Lipinski definition) is 1. The molecule has 3 aromatic rings. The van der Waals surface area contributed by atoms with Crippen molar-refractivity contribution in [3.63, 3.8) is 0 Å². The zero-order valence-electron chi connectivity index (χ0n) is 16.1. The Kier molecular flexibility index (Phi) is 4.98. The first kappa shape index (κ1) is 18.4. The Labute approximate surface area is 162 Å². The van der Waals surface area contributed by atoms with Gasteiger partial charge in [0.2, 0.25) is 5.91 Å². The molecule has 2 heterocycles. The van der Waals surface area contributed by atoms with Gasteiger partial charge in [-0.1, -0.05) is 48.8 Å². The molecule has 28 heavy (non-hydrogen) atoms. The van der Waals surface area contributed by atoms with Crippen LogP contribution in [0.25, 0.3) is 11.1 Å². The third-order valence-electron chi connectivity index (χ3n) is 5.49. The fraction of sp³-hybridized carbons (Fsp3) is 0.429. The van der Waals surface area contributed by atoms with E-state index in [9.17, 15) is 9.59 Å². The van der Waals surface area contributed by atoms with E-state index in [2.05, 4.69) is 15.5 Å². The number of aromatic nitrogens is 3. The van der Waals surface area contributed by atoms with E-state index >= 15 is 0 Å². The third-order valence-corrected chi connectivity index (χ3v) is 5.49. The molecule has 1 aliphatic carbocycles. The van der Waals surface area contributed by atoms with E-state index in [1.165, 1.54) is 0 Å². The standard InChI is InChI=1S/C21H24N4O3/c1-3-16(22-19(26)15-10-7-11-15)18-23-20-17(13(2)24-28-20)21(27)25(18)12-14-8-5-4-6-9-14/h4-6,8-9,15-16H,3,7,10-12H2,1-2H3,(H,22,26). The van der Waals surface area contributed by atoms with Crippen molar-refractivity contribution in [2.75, 3.05) is 0 Å². The molecule has 1 aliphatic rings. The highest BCUT2D eigenvalue weighted by Gasteiger charge is 2.29. The van der Waals surface area contributed by atoms with Gasteiger partial charge in [0, 0.05) is 5.92 Å². The van der Waals surface area contributed by atoms with Crippen LogP contribution in [0.2, 0.25) is 0 Å². The van der Waals surface area contributed by atoms with Crippen molar-refractivity contribution in [3.8, 4) is 0 Å². The second kappa shape index (κ2) is 7.58. The maximum Gasteiger partial charge on any atom is 0.267 e. The van der Waals surface area contributed by atoms with Crippen LogP contribution in [0.1, 0.15) is 55.7 Å². The van der Waals surface area contributed by atoms with Gasteiger partial charge >= 0.3 is 0 Å². The topological polar surface area (TPSA) is 90.0 Å². The molecule has 7 nitrogen and oxygen atoms in total. The highest BCUT2D eigenvalue weighted by Crippen LogP contribution is 2.28. The monoisotopic (exact) mass is 380 g/mol. The van der Waals surface area contributed by atoms with E-state index in [-0.39, 0.29) is 29.1 Å². The average Bonchev–Trinajstić information content (AvgIpc) is 3.02. The quantitative estimate of drug-likeness (QED) is 0.710. The highest BCUT2D eigenvalue weighted by atomic mass is 16.5. The van der Waals surface area contributed by atoms with E-state index in [1.54, 1.807) is 11.5 Å². The number of carbonyl (C=O) groups is 1. The lowest BCUT2D eigenvalue weighted by atomic mass is 9.84. The van der Waals surface area contributed by atoms with E-state index in [0.29, 0.717) is 29.9 Å². The number of amides is 1. The summed E-state index contributed by atoms with van der Waals surface area (Å²) in [5.74, 6) is 0.611. The molecule has 1 amide bonds. The molecule has 0 aliphatic heterocycles. The molecule has 1 fully saturated rings. The summed E-state index contributed by atoms with van der Waals surface area (Å²) < 4.78 is 6.90. The molecule has 0 saturated heterocycles. The summed E-state index contributed by atoms with van der Waals surface area (Å²) in [6.45, 7) is 4.08. The van der Waals surface area contributed by atoms with Crippen molar-refractivity contribution in [3.05, 3.63) is 57.8 Å². The van der Waals surface area contributed by atoms with Crippen LogP contribution in [-0.2, 0) is 11.3 Å². The smallest absolute Gasteiger partial charge is 0.267 e. The SMILES string of the molecule is CCC(NC(=O)C1CCC1)c1nc2onc(C)c2c(=O)n1Cc1ccccc1. The number of rotatable bonds is 6. The van der Waals surface area contributed by atoms with Gasteiger partial charge in [-0.05, 0) is 31.7 Å². The number of fused-ring (bicyclic) bond motifs is 1. The lowest BCUT2D eigenvalue weighted by Crippen LogP contribution is -2.39. The molecule has 1 aromatic carbocycles. The van der Waals surface area contributed by atoms with Gasteiger partial charge in [0.25, 0.3) is 11.3 Å². The normalized spacial score (nSPS) is 15.4. The van der Waals surface area contributed by atoms with Crippen LogP contribution in [0.4, 0.5) is 0 Å². The van der Waals surface area contributed by atoms with Gasteiger partial charge in [-0.15, -0.1) is 0 Å². The largest absolute Gasteiger partial charge is 0.346 e. The fourth-order valence-electron chi connectivity index (χ4n) is 3.58. The summed E-state index contributed by atoms with van der Waals surface area (Å²) >= 11 is 0. The molecule has 0 spiro atoms. The summed E-state index contributed by atoms with van der Waals surface area (Å²) in [6.07, 6.45) is 3.56. The average molecular weight is 380 g/mol. The number of nitrogens with zero attached hydrogens (tertiary/aromatic N) is 3. The molecule has 0 radical (unpaired) electrons. The first-order valence-corrected chi connectivity index (χ1v) is 9.79. The van der Waals surface area contributed by atoms with E-state index < -0.39 is 0 Å². The van der Waals surface area contributed by atoms with Crippen LogP contribution in [-0.4, -0.2) is 20.6 Å². The number of nitrogens with one attached hydrogen (secondary N) is 1. The number of hydrogen-bond acceptors (Lipinski definition) is 5. The molecule has 1 N–H and O–H groups in total. The molecule has 0 bridgehead atoms. The molecular formula is C21H24N4O3. The maximum atomic E-state index is 13.3. The van der Waals surface area contributed by atoms with Crippen LogP contribution < -0.4 is 10.9 Å². The molecule has 2 aromatic heterocycles. The summed E-state index contributed by atoms with van der Waals surface area (Å²) in [6, 6.07) is 9.38. The fourth-order valence-corrected chi connectivity index (χ4v) is 3.58. The van der Waals surface area contributed by atoms with Gasteiger partial charge in [-0.3, -0.25) is 14.2 Å². The number of aryl methyl sites for hydroxylation is 1. The van der Waals surface area contributed by atoms with Gasteiger partial charge in [-0.2, -0.15) is 4.98 Å². The van der Waals surface area contributed by atoms with Crippen molar-refractivity contribution in [2.45, 2.75) is 52.1 Å². The Morgan fingerprint density at radius 2 is 2.07 bits per heavy atom. The van der Waals surface area contributed by atoms with Crippen molar-refractivity contribution in [1.82, 2.24) is 20.0 Å². The highest BCUT2D eigenvalue weighted by molar-refractivity contribution is 5.80. The van der Waals surface area contributed by atoms with Gasteiger partial charge in [0.15, 0.2) is 0 Å². The minimum absolute atomic E-state index is 0.0347. The summed E-state index contributed by atoms with van der Waals surface area (Å²) in [4.78, 5) is 30.4. The molecule has 1 atom stereocenters. The predicted octanol–water partition coefficient (Wildman–Crippen LogP) is 3.11. The van der Waals surface area contributed by atoms with Crippen molar-refractivity contribution < 1.29 is 9.32 Å². The zero-order chi connectivity index (χ0) is 19.7. The Bertz CT molecular complexity index is 1050. The maximum absolute atomic E-state index is 13.3. The summed E-state index contributed by atoms with van der Waals surface area (Å²) in [7, 11) is 0. The van der Waals surface area contributed by atoms with Gasteiger partial charge < -0.3 is 9.84 Å². The lowest BCUT2D eigenvalue weighted by molar-refractivity contribution is -0.128. The Hall–Kier alpha value is -2.96. The predicted molar refractivity (Wildman–Crippen MR) is 105 cm³/mol. The van der Waals surface area contributed by atoms with Crippen molar-refractivity contribution in [1.29, 1.82) is 0 Å². The third kappa shape index (κ3) is 3.32. The van der Waals surface area contributed by atoms with Crippen LogP contribution >= 0.6 is 0 Å². The van der Waals surface area contributed by atoms with Crippen LogP contribution in [0.15, 0.2) is 39.6 Å². The Morgan fingerprint density at radius 1 is 1.32 bits per heavy atom. The van der Waals surface area contributed by atoms with E-state index in [4.69, 9.17) is 4.52 Å². The molecule has 4 rings (SSSR count). The van der Waals surface area contributed by atoms with Crippen molar-refractivity contribution >= 4 is 17.0 Å². The lowest BCUT2D eigenvalue weighted by Gasteiger charge is -2.27. The Morgan fingerprint density at radius 3 is 2.71 bits per heavy atom. The van der Waals surface area contributed by atoms with E-state index in [1.807, 2.05) is 37.3 Å². The van der Waals surface area contributed by atoms with Crippen LogP contribution in [0.5, 0.6) is 0 Å². The summed E-state index contributed by atoms with van der Waals surface area (Å²) in [5.41, 5.74) is 1.53. The van der Waals surface area contributed by atoms with Gasteiger partial charge in [0.05, 0.1) is 18.3 Å². The zero-order valence-corrected chi connectivity index (χ0v) is 16.1. The molecule has 146 valence electrons. The molecule has 7 heteroatoms. The number of carbonyl (C=O) groups excluding carboxylic acids is 1. The number of benzene rings is 1. The summed E-state index contributed by atoms with van der Waals surface area (Å²) in [5, 5.41) is 7.38. The van der Waals surface area contributed by atoms with Gasteiger partial charge in [-0.25, -0.2) is 0 Å². The van der Waals surface area contributed by atoms with Crippen LogP contribution in [0.3, 0.4) is 0 Å². The first-order valence-electron chi connectivity index (χ1n) is 9.79. The minimum Gasteiger partial charge on any atom is -0.346 e. The molecular weight excluding hydrogens is 356 g/mol. The Balaban J connectivity index is 1.79. The molecule has 1 saturated carbocycles. The first-order chi connectivity index (χ1) is 13.6. The minimum atomic E-state index is -0.362. The van der Waals surface area contributed by atoms with Crippen molar-refractivity contribution in [2.24, 2.45) is 5.92 Å². The van der Waals surface area contributed by atoms with Gasteiger partial charge in [0.1, 0.15) is 11.2 Å².